The molecule has 1 heterocycles. The molecular weight excluding hydrogens is 216 g/mol. The van der Waals surface area contributed by atoms with Crippen molar-refractivity contribution in [2.24, 2.45) is 5.73 Å². The van der Waals surface area contributed by atoms with Crippen molar-refractivity contribution in [3.8, 4) is 0 Å². The number of hydrogen-bond acceptors (Lipinski definition) is 3. The number of rotatable bonds is 5. The van der Waals surface area contributed by atoms with Gasteiger partial charge in [-0.2, -0.15) is 11.8 Å². The van der Waals surface area contributed by atoms with Crippen molar-refractivity contribution in [3.63, 3.8) is 0 Å². The molecule has 1 rings (SSSR count). The SMILES string of the molecule is CCC(CC)N(C)C1(CN)CCCSC1C. The smallest absolute Gasteiger partial charge is 0.0447 e. The van der Waals surface area contributed by atoms with Crippen LogP contribution in [0.3, 0.4) is 0 Å². The van der Waals surface area contributed by atoms with Crippen LogP contribution in [0.4, 0.5) is 0 Å². The van der Waals surface area contributed by atoms with Crippen LogP contribution in [0.5, 0.6) is 0 Å². The van der Waals surface area contributed by atoms with E-state index in [0.717, 1.165) is 6.54 Å². The van der Waals surface area contributed by atoms with Crippen LogP contribution in [0.1, 0.15) is 46.5 Å². The van der Waals surface area contributed by atoms with Crippen LogP contribution in [-0.4, -0.2) is 41.1 Å². The highest BCUT2D eigenvalue weighted by atomic mass is 32.2. The van der Waals surface area contributed by atoms with Gasteiger partial charge in [-0.25, -0.2) is 0 Å². The van der Waals surface area contributed by atoms with Crippen molar-refractivity contribution in [1.29, 1.82) is 0 Å². The van der Waals surface area contributed by atoms with Crippen LogP contribution >= 0.6 is 11.8 Å². The molecule has 96 valence electrons. The van der Waals surface area contributed by atoms with Crippen molar-refractivity contribution in [2.45, 2.75) is 63.3 Å². The molecule has 0 radical (unpaired) electrons. The summed E-state index contributed by atoms with van der Waals surface area (Å²) in [6.45, 7) is 7.73. The largest absolute Gasteiger partial charge is 0.329 e. The zero-order chi connectivity index (χ0) is 12.2. The Balaban J connectivity index is 2.84. The van der Waals surface area contributed by atoms with Gasteiger partial charge in [-0.05, 0) is 38.5 Å². The van der Waals surface area contributed by atoms with Gasteiger partial charge in [0.1, 0.15) is 0 Å². The Morgan fingerprint density at radius 3 is 2.50 bits per heavy atom. The Kier molecular flexibility index (Phi) is 5.62. The number of thioether (sulfide) groups is 1. The summed E-state index contributed by atoms with van der Waals surface area (Å²) in [4.78, 5) is 2.59. The lowest BCUT2D eigenvalue weighted by molar-refractivity contribution is 0.0619. The zero-order valence-electron chi connectivity index (χ0n) is 11.3. The molecule has 0 bridgehead atoms. The molecule has 0 aromatic rings. The summed E-state index contributed by atoms with van der Waals surface area (Å²) in [6.07, 6.45) is 5.04. The van der Waals surface area contributed by atoms with Crippen LogP contribution < -0.4 is 5.73 Å². The maximum atomic E-state index is 6.12. The van der Waals surface area contributed by atoms with Gasteiger partial charge < -0.3 is 5.73 Å². The highest BCUT2D eigenvalue weighted by molar-refractivity contribution is 8.00. The second-order valence-electron chi connectivity index (χ2n) is 5.01. The summed E-state index contributed by atoms with van der Waals surface area (Å²) in [5.74, 6) is 1.31. The summed E-state index contributed by atoms with van der Waals surface area (Å²) in [7, 11) is 2.28. The maximum Gasteiger partial charge on any atom is 0.0447 e. The fourth-order valence-electron chi connectivity index (χ4n) is 3.07. The molecule has 0 amide bonds. The van der Waals surface area contributed by atoms with Crippen LogP contribution in [0, 0.1) is 0 Å². The minimum absolute atomic E-state index is 0.236. The molecule has 1 aliphatic heterocycles. The predicted octanol–water partition coefficient (Wildman–Crippen LogP) is 2.72. The third-order valence-electron chi connectivity index (χ3n) is 4.42. The van der Waals surface area contributed by atoms with E-state index in [9.17, 15) is 0 Å². The molecular formula is C13H28N2S. The average molecular weight is 244 g/mol. The van der Waals surface area contributed by atoms with Gasteiger partial charge in [-0.15, -0.1) is 0 Å². The minimum Gasteiger partial charge on any atom is -0.329 e. The summed E-state index contributed by atoms with van der Waals surface area (Å²) in [6, 6.07) is 0.685. The second kappa shape index (κ2) is 6.27. The summed E-state index contributed by atoms with van der Waals surface area (Å²) < 4.78 is 0. The number of hydrogen-bond donors (Lipinski definition) is 1. The van der Waals surface area contributed by atoms with E-state index in [1.807, 2.05) is 0 Å². The van der Waals surface area contributed by atoms with E-state index in [-0.39, 0.29) is 5.54 Å². The summed E-state index contributed by atoms with van der Waals surface area (Å²) in [5.41, 5.74) is 6.36. The van der Waals surface area contributed by atoms with Gasteiger partial charge in [0, 0.05) is 23.4 Å². The van der Waals surface area contributed by atoms with Gasteiger partial charge in [0.2, 0.25) is 0 Å². The molecule has 2 nitrogen and oxygen atoms in total. The molecule has 16 heavy (non-hydrogen) atoms. The van der Waals surface area contributed by atoms with Crippen LogP contribution in [0.15, 0.2) is 0 Å². The molecule has 2 unspecified atom stereocenters. The van der Waals surface area contributed by atoms with E-state index >= 15 is 0 Å². The van der Waals surface area contributed by atoms with Gasteiger partial charge in [-0.1, -0.05) is 20.8 Å². The Labute approximate surface area is 105 Å². The van der Waals surface area contributed by atoms with Gasteiger partial charge in [-0.3, -0.25) is 4.90 Å². The summed E-state index contributed by atoms with van der Waals surface area (Å²) >= 11 is 2.09. The Morgan fingerprint density at radius 1 is 1.44 bits per heavy atom. The van der Waals surface area contributed by atoms with E-state index in [1.54, 1.807) is 0 Å². The molecule has 2 N–H and O–H groups in total. The van der Waals surface area contributed by atoms with E-state index in [2.05, 4.69) is 44.5 Å². The Bertz CT molecular complexity index is 206. The van der Waals surface area contributed by atoms with Gasteiger partial charge in [0.05, 0.1) is 0 Å². The van der Waals surface area contributed by atoms with Crippen LogP contribution in [0.25, 0.3) is 0 Å². The molecule has 3 heteroatoms. The maximum absolute atomic E-state index is 6.12. The Hall–Kier alpha value is 0.270. The molecule has 1 saturated heterocycles. The first-order valence-electron chi connectivity index (χ1n) is 6.67. The summed E-state index contributed by atoms with van der Waals surface area (Å²) in [5, 5.41) is 0.664. The lowest BCUT2D eigenvalue weighted by atomic mass is 9.86. The molecule has 0 saturated carbocycles. The van der Waals surface area contributed by atoms with Crippen molar-refractivity contribution >= 4 is 11.8 Å². The quantitative estimate of drug-likeness (QED) is 0.806. The number of nitrogens with two attached hydrogens (primary N) is 1. The van der Waals surface area contributed by atoms with Gasteiger partial charge >= 0.3 is 0 Å². The van der Waals surface area contributed by atoms with Crippen molar-refractivity contribution in [1.82, 2.24) is 4.90 Å². The molecule has 2 atom stereocenters. The lowest BCUT2D eigenvalue weighted by Gasteiger charge is -2.51. The molecule has 0 aromatic carbocycles. The molecule has 0 aliphatic carbocycles. The molecule has 0 spiro atoms. The predicted molar refractivity (Wildman–Crippen MR) is 75.1 cm³/mol. The standard InChI is InChI=1S/C13H28N2S/c1-5-12(6-2)15(4)13(10-14)8-7-9-16-11(13)3/h11-12H,5-10,14H2,1-4H3. The monoisotopic (exact) mass is 244 g/mol. The molecule has 0 aromatic heterocycles. The van der Waals surface area contributed by atoms with Gasteiger partial charge in [0.15, 0.2) is 0 Å². The average Bonchev–Trinajstić information content (AvgIpc) is 2.31. The third kappa shape index (κ3) is 2.57. The number of likely N-dealkylation sites (N-methyl/N-ethyl adjacent to an activating group) is 1. The second-order valence-corrected chi connectivity index (χ2v) is 6.45. The highest BCUT2D eigenvalue weighted by Gasteiger charge is 2.42. The van der Waals surface area contributed by atoms with Gasteiger partial charge in [0.25, 0.3) is 0 Å². The number of nitrogens with zero attached hydrogens (tertiary/aromatic N) is 1. The van der Waals surface area contributed by atoms with E-state index < -0.39 is 0 Å². The fraction of sp³-hybridized carbons (Fsp3) is 1.00. The van der Waals surface area contributed by atoms with E-state index in [0.29, 0.717) is 11.3 Å². The first-order chi connectivity index (χ1) is 7.62. The van der Waals surface area contributed by atoms with E-state index in [1.165, 1.54) is 31.4 Å². The molecule has 1 aliphatic rings. The van der Waals surface area contributed by atoms with Crippen molar-refractivity contribution in [3.05, 3.63) is 0 Å². The van der Waals surface area contributed by atoms with E-state index in [4.69, 9.17) is 5.73 Å². The minimum atomic E-state index is 0.236. The van der Waals surface area contributed by atoms with Crippen molar-refractivity contribution in [2.75, 3.05) is 19.3 Å². The fourth-order valence-corrected chi connectivity index (χ4v) is 4.43. The van der Waals surface area contributed by atoms with Crippen LogP contribution in [0.2, 0.25) is 0 Å². The lowest BCUT2D eigenvalue weighted by Crippen LogP contribution is -2.62. The molecule has 1 fully saturated rings. The zero-order valence-corrected chi connectivity index (χ0v) is 12.1. The first kappa shape index (κ1) is 14.3. The normalized spacial score (nSPS) is 31.3. The Morgan fingerprint density at radius 2 is 2.06 bits per heavy atom. The topological polar surface area (TPSA) is 29.3 Å². The third-order valence-corrected chi connectivity index (χ3v) is 5.89. The van der Waals surface area contributed by atoms with Crippen LogP contribution in [-0.2, 0) is 0 Å². The first-order valence-corrected chi connectivity index (χ1v) is 7.71. The highest BCUT2D eigenvalue weighted by Crippen LogP contribution is 2.38. The van der Waals surface area contributed by atoms with Crippen molar-refractivity contribution < 1.29 is 0 Å².